The summed E-state index contributed by atoms with van der Waals surface area (Å²) in [5, 5.41) is 12.9. The second-order valence-electron chi connectivity index (χ2n) is 6.86. The molecule has 0 saturated heterocycles. The van der Waals surface area contributed by atoms with Gasteiger partial charge in [-0.05, 0) is 43.7 Å². The highest BCUT2D eigenvalue weighted by Gasteiger charge is 2.16. The maximum absolute atomic E-state index is 12.5. The molecule has 1 aromatic carbocycles. The zero-order valence-corrected chi connectivity index (χ0v) is 18.8. The van der Waals surface area contributed by atoms with E-state index in [1.807, 2.05) is 19.9 Å². The average molecular weight is 480 g/mol. The summed E-state index contributed by atoms with van der Waals surface area (Å²) >= 11 is 18.3. The van der Waals surface area contributed by atoms with Gasteiger partial charge in [-0.3, -0.25) is 14.8 Å². The standard InChI is InChI=1S/C20H17Cl3N6O2/c1-11-18(23)12(2)29(26-11)9-15-5-6-17(31-15)19(30)25-20-24-10-28(27-20)8-13-3-4-14(21)7-16(13)22/h3-7,10H,8-9H2,1-2H3,(H,25,27,30). The number of hydrogen-bond acceptors (Lipinski definition) is 5. The van der Waals surface area contributed by atoms with Crippen molar-refractivity contribution in [3.63, 3.8) is 0 Å². The molecule has 1 amide bonds. The Hall–Kier alpha value is -2.81. The molecule has 0 aliphatic carbocycles. The third-order valence-electron chi connectivity index (χ3n) is 4.59. The van der Waals surface area contributed by atoms with E-state index >= 15 is 0 Å². The van der Waals surface area contributed by atoms with Gasteiger partial charge in [0.25, 0.3) is 5.91 Å². The van der Waals surface area contributed by atoms with E-state index in [1.165, 1.54) is 6.33 Å². The first-order valence-electron chi connectivity index (χ1n) is 9.23. The number of carbonyl (C=O) groups excluding carboxylic acids is 1. The van der Waals surface area contributed by atoms with Crippen molar-refractivity contribution in [1.29, 1.82) is 0 Å². The molecule has 0 bridgehead atoms. The van der Waals surface area contributed by atoms with Gasteiger partial charge in [-0.2, -0.15) is 5.10 Å². The number of aromatic nitrogens is 5. The maximum atomic E-state index is 12.5. The lowest BCUT2D eigenvalue weighted by Crippen LogP contribution is -2.13. The third-order valence-corrected chi connectivity index (χ3v) is 5.73. The van der Waals surface area contributed by atoms with Gasteiger partial charge in [0.15, 0.2) is 5.76 Å². The lowest BCUT2D eigenvalue weighted by atomic mass is 10.2. The topological polar surface area (TPSA) is 90.8 Å². The molecular weight excluding hydrogens is 463 g/mol. The van der Waals surface area contributed by atoms with E-state index in [-0.39, 0.29) is 11.7 Å². The van der Waals surface area contributed by atoms with E-state index < -0.39 is 5.91 Å². The van der Waals surface area contributed by atoms with Gasteiger partial charge in [-0.1, -0.05) is 40.9 Å². The molecule has 1 N–H and O–H groups in total. The van der Waals surface area contributed by atoms with Gasteiger partial charge in [0.05, 0.1) is 29.5 Å². The van der Waals surface area contributed by atoms with Crippen LogP contribution >= 0.6 is 34.8 Å². The molecule has 3 aromatic heterocycles. The molecule has 8 nitrogen and oxygen atoms in total. The number of benzene rings is 1. The van der Waals surface area contributed by atoms with Gasteiger partial charge >= 0.3 is 0 Å². The molecule has 0 radical (unpaired) electrons. The Kier molecular flexibility index (Phi) is 6.04. The molecule has 0 aliphatic heterocycles. The Morgan fingerprint density at radius 3 is 2.61 bits per heavy atom. The van der Waals surface area contributed by atoms with E-state index in [4.69, 9.17) is 39.2 Å². The zero-order chi connectivity index (χ0) is 22.1. The molecule has 4 rings (SSSR count). The number of nitrogens with one attached hydrogen (secondary N) is 1. The summed E-state index contributed by atoms with van der Waals surface area (Å²) in [5.74, 6) is 0.404. The van der Waals surface area contributed by atoms with Crippen LogP contribution in [0.1, 0.15) is 33.3 Å². The highest BCUT2D eigenvalue weighted by molar-refractivity contribution is 6.35. The minimum Gasteiger partial charge on any atom is -0.454 e. The van der Waals surface area contributed by atoms with Crippen LogP contribution in [0.2, 0.25) is 15.1 Å². The first-order valence-corrected chi connectivity index (χ1v) is 10.4. The average Bonchev–Trinajstić information content (AvgIpc) is 3.42. The molecule has 3 heterocycles. The summed E-state index contributed by atoms with van der Waals surface area (Å²) < 4.78 is 8.93. The lowest BCUT2D eigenvalue weighted by molar-refractivity contribution is 0.0993. The van der Waals surface area contributed by atoms with Crippen molar-refractivity contribution >= 4 is 46.7 Å². The molecule has 160 valence electrons. The molecule has 0 aliphatic rings. The van der Waals surface area contributed by atoms with E-state index in [1.54, 1.807) is 33.6 Å². The Labute approximate surface area is 192 Å². The van der Waals surface area contributed by atoms with E-state index in [0.717, 1.165) is 17.0 Å². The summed E-state index contributed by atoms with van der Waals surface area (Å²) in [5.41, 5.74) is 2.40. The van der Waals surface area contributed by atoms with Crippen LogP contribution in [0.5, 0.6) is 0 Å². The number of hydrogen-bond donors (Lipinski definition) is 1. The normalized spacial score (nSPS) is 11.1. The lowest BCUT2D eigenvalue weighted by Gasteiger charge is -2.04. The quantitative estimate of drug-likeness (QED) is 0.420. The number of furan rings is 1. The van der Waals surface area contributed by atoms with Crippen LogP contribution in [0.4, 0.5) is 5.95 Å². The second-order valence-corrected chi connectivity index (χ2v) is 8.09. The number of amides is 1. The van der Waals surface area contributed by atoms with Crippen molar-refractivity contribution in [3.8, 4) is 0 Å². The molecule has 11 heteroatoms. The van der Waals surface area contributed by atoms with Crippen molar-refractivity contribution in [2.45, 2.75) is 26.9 Å². The minimum absolute atomic E-state index is 0.139. The number of anilines is 1. The summed E-state index contributed by atoms with van der Waals surface area (Å²) in [6.45, 7) is 4.45. The van der Waals surface area contributed by atoms with E-state index in [0.29, 0.717) is 33.9 Å². The fraction of sp³-hybridized carbons (Fsp3) is 0.200. The van der Waals surface area contributed by atoms with Gasteiger partial charge in [-0.15, -0.1) is 5.10 Å². The first-order chi connectivity index (χ1) is 14.8. The molecule has 4 aromatic rings. The molecule has 0 spiro atoms. The smallest absolute Gasteiger partial charge is 0.293 e. The third kappa shape index (κ3) is 4.76. The van der Waals surface area contributed by atoms with Crippen molar-refractivity contribution in [2.75, 3.05) is 5.32 Å². The van der Waals surface area contributed by atoms with E-state index in [2.05, 4.69) is 20.5 Å². The summed E-state index contributed by atoms with van der Waals surface area (Å²) in [4.78, 5) is 16.6. The molecule has 0 fully saturated rings. The van der Waals surface area contributed by atoms with Gasteiger partial charge in [-0.25, -0.2) is 9.67 Å². The van der Waals surface area contributed by atoms with Crippen LogP contribution in [-0.2, 0) is 13.1 Å². The number of nitrogens with zero attached hydrogens (tertiary/aromatic N) is 5. The second kappa shape index (κ2) is 8.74. The molecular formula is C20H17Cl3N6O2. The molecule has 0 unspecified atom stereocenters. The van der Waals surface area contributed by atoms with Crippen LogP contribution in [0.25, 0.3) is 0 Å². The van der Waals surface area contributed by atoms with Gasteiger partial charge in [0.1, 0.15) is 12.1 Å². The number of carbonyl (C=O) groups is 1. The number of aryl methyl sites for hydroxylation is 1. The van der Waals surface area contributed by atoms with Crippen molar-refractivity contribution < 1.29 is 9.21 Å². The largest absolute Gasteiger partial charge is 0.454 e. The number of rotatable bonds is 6. The van der Waals surface area contributed by atoms with Crippen molar-refractivity contribution in [3.05, 3.63) is 80.2 Å². The highest BCUT2D eigenvalue weighted by atomic mass is 35.5. The van der Waals surface area contributed by atoms with Crippen molar-refractivity contribution in [1.82, 2.24) is 24.5 Å². The van der Waals surface area contributed by atoms with Gasteiger partial charge in [0.2, 0.25) is 5.95 Å². The molecule has 0 atom stereocenters. The van der Waals surface area contributed by atoms with Crippen LogP contribution in [-0.4, -0.2) is 30.5 Å². The minimum atomic E-state index is -0.458. The summed E-state index contributed by atoms with van der Waals surface area (Å²) in [6, 6.07) is 8.52. The number of halogens is 3. The van der Waals surface area contributed by atoms with Gasteiger partial charge in [0, 0.05) is 10.0 Å². The van der Waals surface area contributed by atoms with Crippen LogP contribution in [0.3, 0.4) is 0 Å². The summed E-state index contributed by atoms with van der Waals surface area (Å²) in [6.07, 6.45) is 1.50. The predicted octanol–water partition coefficient (Wildman–Crippen LogP) is 4.99. The maximum Gasteiger partial charge on any atom is 0.293 e. The summed E-state index contributed by atoms with van der Waals surface area (Å²) in [7, 11) is 0. The van der Waals surface area contributed by atoms with Crippen molar-refractivity contribution in [2.24, 2.45) is 0 Å². The SMILES string of the molecule is Cc1nn(Cc2ccc(C(=O)Nc3ncn(Cc4ccc(Cl)cc4Cl)n3)o2)c(C)c1Cl. The monoisotopic (exact) mass is 478 g/mol. The van der Waals surface area contributed by atoms with Crippen LogP contribution in [0.15, 0.2) is 41.1 Å². The highest BCUT2D eigenvalue weighted by Crippen LogP contribution is 2.22. The predicted molar refractivity (Wildman–Crippen MR) is 118 cm³/mol. The Morgan fingerprint density at radius 2 is 1.90 bits per heavy atom. The Morgan fingerprint density at radius 1 is 1.10 bits per heavy atom. The molecule has 31 heavy (non-hydrogen) atoms. The first kappa shape index (κ1) is 21.4. The Bertz CT molecular complexity index is 1260. The Balaban J connectivity index is 1.40. The van der Waals surface area contributed by atoms with Crippen LogP contribution < -0.4 is 5.32 Å². The molecule has 0 saturated carbocycles. The zero-order valence-electron chi connectivity index (χ0n) is 16.6. The van der Waals surface area contributed by atoms with Gasteiger partial charge < -0.3 is 4.42 Å². The van der Waals surface area contributed by atoms with E-state index in [9.17, 15) is 4.79 Å². The fourth-order valence-corrected chi connectivity index (χ4v) is 3.58. The van der Waals surface area contributed by atoms with Crippen LogP contribution in [0, 0.1) is 13.8 Å². The fourth-order valence-electron chi connectivity index (χ4n) is 2.98.